The minimum Gasteiger partial charge on any atom is -0.424 e. The van der Waals surface area contributed by atoms with Crippen molar-refractivity contribution in [3.8, 4) is 0 Å². The first-order valence-electron chi connectivity index (χ1n) is 7.82. The Morgan fingerprint density at radius 2 is 2.12 bits per heavy atom. The van der Waals surface area contributed by atoms with Gasteiger partial charge in [0, 0.05) is 25.1 Å². The van der Waals surface area contributed by atoms with Crippen LogP contribution in [0.25, 0.3) is 10.9 Å². The molecule has 25 heavy (non-hydrogen) atoms. The minimum atomic E-state index is -3.81. The number of nitrogens with zero attached hydrogens (tertiary/aromatic N) is 4. The summed E-state index contributed by atoms with van der Waals surface area (Å²) in [6, 6.07) is 5.02. The number of sulfonamides is 1. The first kappa shape index (κ1) is 16.1. The monoisotopic (exact) mass is 362 g/mol. The second-order valence-electron chi connectivity index (χ2n) is 5.94. The van der Waals surface area contributed by atoms with Gasteiger partial charge in [0.15, 0.2) is 0 Å². The normalized spacial score (nSPS) is 18.9. The molecule has 0 unspecified atom stereocenters. The smallest absolute Gasteiger partial charge is 0.245 e. The van der Waals surface area contributed by atoms with Crippen LogP contribution in [0.3, 0.4) is 0 Å². The fourth-order valence-electron chi connectivity index (χ4n) is 3.08. The van der Waals surface area contributed by atoms with Crippen LogP contribution < -0.4 is 0 Å². The van der Waals surface area contributed by atoms with Gasteiger partial charge in [-0.1, -0.05) is 0 Å². The number of rotatable bonds is 3. The van der Waals surface area contributed by atoms with Crippen molar-refractivity contribution in [1.29, 1.82) is 0 Å². The lowest BCUT2D eigenvalue weighted by atomic mass is 10.2. The average Bonchev–Trinajstić information content (AvgIpc) is 3.23. The SMILES string of the molecule is Cc1nnc([C@H]2CCCN2S(=O)(=O)c2cnc3ccc(F)cc3c2)o1. The van der Waals surface area contributed by atoms with E-state index in [1.165, 1.54) is 34.8 Å². The molecule has 2 aromatic heterocycles. The molecule has 1 saturated heterocycles. The number of hydrogen-bond donors (Lipinski definition) is 0. The van der Waals surface area contributed by atoms with E-state index >= 15 is 0 Å². The summed E-state index contributed by atoms with van der Waals surface area (Å²) in [5, 5.41) is 8.17. The second kappa shape index (κ2) is 5.85. The molecule has 1 aliphatic heterocycles. The average molecular weight is 362 g/mol. The third kappa shape index (κ3) is 2.79. The Morgan fingerprint density at radius 1 is 1.28 bits per heavy atom. The third-order valence-corrected chi connectivity index (χ3v) is 6.13. The van der Waals surface area contributed by atoms with Crippen molar-refractivity contribution >= 4 is 20.9 Å². The van der Waals surface area contributed by atoms with Gasteiger partial charge in [0.05, 0.1) is 5.52 Å². The van der Waals surface area contributed by atoms with Gasteiger partial charge >= 0.3 is 0 Å². The lowest BCUT2D eigenvalue weighted by molar-refractivity contribution is 0.324. The lowest BCUT2D eigenvalue weighted by Crippen LogP contribution is -2.31. The first-order valence-corrected chi connectivity index (χ1v) is 9.26. The van der Waals surface area contributed by atoms with Gasteiger partial charge in [-0.2, -0.15) is 4.31 Å². The first-order chi connectivity index (χ1) is 11.9. The molecule has 9 heteroatoms. The third-order valence-electron chi connectivity index (χ3n) is 4.26. The van der Waals surface area contributed by atoms with Gasteiger partial charge in [0.1, 0.15) is 16.8 Å². The second-order valence-corrected chi connectivity index (χ2v) is 7.83. The molecular formula is C16H15FN4O3S. The molecule has 0 saturated carbocycles. The highest BCUT2D eigenvalue weighted by Crippen LogP contribution is 2.36. The molecule has 4 rings (SSSR count). The maximum atomic E-state index is 13.4. The van der Waals surface area contributed by atoms with Crippen LogP contribution in [-0.2, 0) is 10.0 Å². The number of fused-ring (bicyclic) bond motifs is 1. The van der Waals surface area contributed by atoms with Crippen molar-refractivity contribution < 1.29 is 17.2 Å². The van der Waals surface area contributed by atoms with Gasteiger partial charge in [0.2, 0.25) is 21.8 Å². The molecule has 1 fully saturated rings. The van der Waals surface area contributed by atoms with Gasteiger partial charge < -0.3 is 4.42 Å². The fourth-order valence-corrected chi connectivity index (χ4v) is 4.71. The van der Waals surface area contributed by atoms with Gasteiger partial charge in [0.25, 0.3) is 0 Å². The summed E-state index contributed by atoms with van der Waals surface area (Å²) < 4.78 is 46.3. The summed E-state index contributed by atoms with van der Waals surface area (Å²) in [6.07, 6.45) is 2.60. The number of aryl methyl sites for hydroxylation is 1. The van der Waals surface area contributed by atoms with E-state index in [-0.39, 0.29) is 4.90 Å². The molecule has 0 spiro atoms. The van der Waals surface area contributed by atoms with Crippen LogP contribution >= 0.6 is 0 Å². The van der Waals surface area contributed by atoms with Crippen molar-refractivity contribution in [1.82, 2.24) is 19.5 Å². The van der Waals surface area contributed by atoms with Crippen molar-refractivity contribution in [3.63, 3.8) is 0 Å². The molecule has 0 aliphatic carbocycles. The summed E-state index contributed by atoms with van der Waals surface area (Å²) >= 11 is 0. The van der Waals surface area contributed by atoms with E-state index in [0.717, 1.165) is 0 Å². The van der Waals surface area contributed by atoms with Gasteiger partial charge in [-0.25, -0.2) is 12.8 Å². The molecule has 130 valence electrons. The van der Waals surface area contributed by atoms with Crippen LogP contribution in [0, 0.1) is 12.7 Å². The van der Waals surface area contributed by atoms with Crippen LogP contribution in [0.5, 0.6) is 0 Å². The molecule has 0 N–H and O–H groups in total. The van der Waals surface area contributed by atoms with Crippen molar-refractivity contribution in [3.05, 3.63) is 48.1 Å². The summed E-state index contributed by atoms with van der Waals surface area (Å²) in [5.41, 5.74) is 0.533. The summed E-state index contributed by atoms with van der Waals surface area (Å²) in [6.45, 7) is 2.02. The molecule has 0 radical (unpaired) electrons. The van der Waals surface area contributed by atoms with E-state index in [1.807, 2.05) is 0 Å². The standard InChI is InChI=1S/C16H15FN4O3S/c1-10-19-20-16(24-10)15-3-2-6-21(15)25(22,23)13-8-11-7-12(17)4-5-14(11)18-9-13/h4-5,7-9,15H,2-3,6H2,1H3/t15-/m1/s1. The molecule has 1 aliphatic rings. The largest absolute Gasteiger partial charge is 0.424 e. The quantitative estimate of drug-likeness (QED) is 0.711. The molecule has 0 bridgehead atoms. The van der Waals surface area contributed by atoms with Crippen molar-refractivity contribution in [2.75, 3.05) is 6.54 Å². The van der Waals surface area contributed by atoms with Crippen LogP contribution in [0.1, 0.15) is 30.7 Å². The van der Waals surface area contributed by atoms with Gasteiger partial charge in [-0.15, -0.1) is 10.2 Å². The summed E-state index contributed by atoms with van der Waals surface area (Å²) in [4.78, 5) is 4.16. The number of benzene rings is 1. The highest BCUT2D eigenvalue weighted by molar-refractivity contribution is 7.89. The minimum absolute atomic E-state index is 0.0220. The number of hydrogen-bond acceptors (Lipinski definition) is 6. The van der Waals surface area contributed by atoms with Crippen molar-refractivity contribution in [2.45, 2.75) is 30.7 Å². The Labute approximate surface area is 143 Å². The predicted octanol–water partition coefficient (Wildman–Crippen LogP) is 2.59. The van der Waals surface area contributed by atoms with Crippen LogP contribution in [0.4, 0.5) is 4.39 Å². The Balaban J connectivity index is 1.75. The van der Waals surface area contributed by atoms with Crippen LogP contribution in [-0.4, -0.2) is 34.4 Å². The van der Waals surface area contributed by atoms with Gasteiger partial charge in [-0.3, -0.25) is 4.98 Å². The van der Waals surface area contributed by atoms with Crippen LogP contribution in [0.15, 0.2) is 39.8 Å². The van der Waals surface area contributed by atoms with E-state index in [9.17, 15) is 12.8 Å². The predicted molar refractivity (Wildman–Crippen MR) is 86.6 cm³/mol. The molecule has 0 amide bonds. The fraction of sp³-hybridized carbons (Fsp3) is 0.312. The Hall–Kier alpha value is -2.39. The number of pyridine rings is 1. The van der Waals surface area contributed by atoms with E-state index in [2.05, 4.69) is 15.2 Å². The van der Waals surface area contributed by atoms with Crippen molar-refractivity contribution in [2.24, 2.45) is 0 Å². The zero-order chi connectivity index (χ0) is 17.6. The van der Waals surface area contributed by atoms with E-state index in [0.29, 0.717) is 42.1 Å². The Morgan fingerprint density at radius 3 is 2.88 bits per heavy atom. The number of aromatic nitrogens is 3. The van der Waals surface area contributed by atoms with E-state index in [4.69, 9.17) is 4.42 Å². The van der Waals surface area contributed by atoms with E-state index in [1.54, 1.807) is 6.92 Å². The molecule has 1 aromatic carbocycles. The lowest BCUT2D eigenvalue weighted by Gasteiger charge is -2.21. The zero-order valence-corrected chi connectivity index (χ0v) is 14.2. The summed E-state index contributed by atoms with van der Waals surface area (Å²) in [5.74, 6) is 0.240. The summed E-state index contributed by atoms with van der Waals surface area (Å²) in [7, 11) is -3.81. The molecule has 3 aromatic rings. The molecular weight excluding hydrogens is 347 g/mol. The molecule has 3 heterocycles. The Bertz CT molecular complexity index is 1050. The Kier molecular flexibility index (Phi) is 3.77. The molecule has 1 atom stereocenters. The van der Waals surface area contributed by atoms with E-state index < -0.39 is 21.9 Å². The highest BCUT2D eigenvalue weighted by atomic mass is 32.2. The maximum Gasteiger partial charge on any atom is 0.245 e. The maximum absolute atomic E-state index is 13.4. The topological polar surface area (TPSA) is 89.2 Å². The highest BCUT2D eigenvalue weighted by Gasteiger charge is 2.39. The number of halogens is 1. The van der Waals surface area contributed by atoms with Crippen LogP contribution in [0.2, 0.25) is 0 Å². The molecule has 7 nitrogen and oxygen atoms in total. The van der Waals surface area contributed by atoms with Gasteiger partial charge in [-0.05, 0) is 37.1 Å². The zero-order valence-electron chi connectivity index (χ0n) is 13.4.